The van der Waals surface area contributed by atoms with Gasteiger partial charge in [-0.3, -0.25) is 9.59 Å². The maximum Gasteiger partial charge on any atom is 0.287 e. The van der Waals surface area contributed by atoms with Crippen LogP contribution in [-0.4, -0.2) is 30.9 Å². The van der Waals surface area contributed by atoms with E-state index in [0.717, 1.165) is 5.56 Å². The van der Waals surface area contributed by atoms with Crippen molar-refractivity contribution >= 4 is 11.8 Å². The molecule has 0 bridgehead atoms. The van der Waals surface area contributed by atoms with Crippen LogP contribution in [-0.2, 0) is 4.79 Å². The van der Waals surface area contributed by atoms with Crippen LogP contribution < -0.4 is 16.4 Å². The Labute approximate surface area is 125 Å². The third kappa shape index (κ3) is 5.99. The molecule has 0 unspecified atom stereocenters. The molecule has 0 saturated carbocycles. The molecule has 0 saturated heterocycles. The Kier molecular flexibility index (Phi) is 6.94. The fraction of sp³-hybridized carbons (Fsp3) is 0.600. The summed E-state index contributed by atoms with van der Waals surface area (Å²) >= 11 is 0. The highest BCUT2D eigenvalue weighted by atomic mass is 16.3. The summed E-state index contributed by atoms with van der Waals surface area (Å²) in [6.45, 7) is 6.83. The lowest BCUT2D eigenvalue weighted by Gasteiger charge is -2.14. The van der Waals surface area contributed by atoms with Gasteiger partial charge in [0.2, 0.25) is 5.91 Å². The Bertz CT molecular complexity index is 468. The zero-order valence-electron chi connectivity index (χ0n) is 12.9. The summed E-state index contributed by atoms with van der Waals surface area (Å²) in [7, 11) is 0. The van der Waals surface area contributed by atoms with E-state index in [0.29, 0.717) is 37.6 Å². The van der Waals surface area contributed by atoms with Gasteiger partial charge in [0.05, 0.1) is 12.3 Å². The summed E-state index contributed by atoms with van der Waals surface area (Å²) in [6.07, 6.45) is 2.80. The van der Waals surface area contributed by atoms with Gasteiger partial charge in [0.1, 0.15) is 0 Å². The Morgan fingerprint density at radius 3 is 2.52 bits per heavy atom. The predicted octanol–water partition coefficient (Wildman–Crippen LogP) is 1.20. The van der Waals surface area contributed by atoms with Gasteiger partial charge in [-0.05, 0) is 31.7 Å². The third-order valence-corrected chi connectivity index (χ3v) is 3.07. The highest BCUT2D eigenvalue weighted by Gasteiger charge is 2.14. The van der Waals surface area contributed by atoms with Gasteiger partial charge in [0.15, 0.2) is 5.76 Å². The maximum absolute atomic E-state index is 11.7. The molecule has 6 heteroatoms. The Hall–Kier alpha value is -1.82. The van der Waals surface area contributed by atoms with Crippen molar-refractivity contribution in [2.45, 2.75) is 39.7 Å². The molecule has 0 aliphatic rings. The summed E-state index contributed by atoms with van der Waals surface area (Å²) in [4.78, 5) is 23.4. The molecule has 0 aromatic carbocycles. The van der Waals surface area contributed by atoms with Crippen molar-refractivity contribution in [3.05, 3.63) is 23.7 Å². The molecule has 1 atom stereocenters. The molecule has 4 N–H and O–H groups in total. The first-order chi connectivity index (χ1) is 9.91. The smallest absolute Gasteiger partial charge is 0.287 e. The fourth-order valence-electron chi connectivity index (χ4n) is 1.93. The van der Waals surface area contributed by atoms with E-state index in [1.807, 2.05) is 20.8 Å². The molecule has 6 nitrogen and oxygen atoms in total. The second kappa shape index (κ2) is 8.46. The van der Waals surface area contributed by atoms with Crippen LogP contribution in [0.3, 0.4) is 0 Å². The highest BCUT2D eigenvalue weighted by Crippen LogP contribution is 2.07. The monoisotopic (exact) mass is 295 g/mol. The SMILES string of the molecule is Cc1ccoc1C(=O)NCCCNC(=O)[C@@H](N)CC(C)C. The van der Waals surface area contributed by atoms with Crippen LogP contribution in [0.4, 0.5) is 0 Å². The summed E-state index contributed by atoms with van der Waals surface area (Å²) < 4.78 is 5.09. The van der Waals surface area contributed by atoms with Crippen molar-refractivity contribution in [1.29, 1.82) is 0 Å². The second-order valence-electron chi connectivity index (χ2n) is 5.57. The number of carbonyl (C=O) groups excluding carboxylic acids is 2. The number of hydrogen-bond donors (Lipinski definition) is 3. The molecule has 2 amide bonds. The molecule has 0 aliphatic carbocycles. The molecule has 0 aliphatic heterocycles. The van der Waals surface area contributed by atoms with Gasteiger partial charge in [-0.25, -0.2) is 0 Å². The first-order valence-electron chi connectivity index (χ1n) is 7.27. The normalized spacial score (nSPS) is 12.2. The van der Waals surface area contributed by atoms with Crippen LogP contribution in [0.15, 0.2) is 16.7 Å². The lowest BCUT2D eigenvalue weighted by Crippen LogP contribution is -2.42. The Morgan fingerprint density at radius 2 is 1.95 bits per heavy atom. The summed E-state index contributed by atoms with van der Waals surface area (Å²) in [5, 5.41) is 5.51. The molecule has 1 rings (SSSR count). The number of hydrogen-bond acceptors (Lipinski definition) is 4. The van der Waals surface area contributed by atoms with Crippen LogP contribution >= 0.6 is 0 Å². The van der Waals surface area contributed by atoms with Crippen molar-refractivity contribution in [2.75, 3.05) is 13.1 Å². The third-order valence-electron chi connectivity index (χ3n) is 3.07. The van der Waals surface area contributed by atoms with E-state index < -0.39 is 6.04 Å². The van der Waals surface area contributed by atoms with Crippen molar-refractivity contribution in [3.8, 4) is 0 Å². The van der Waals surface area contributed by atoms with Crippen LogP contribution in [0, 0.1) is 12.8 Å². The lowest BCUT2D eigenvalue weighted by molar-refractivity contribution is -0.122. The van der Waals surface area contributed by atoms with Crippen molar-refractivity contribution in [3.63, 3.8) is 0 Å². The van der Waals surface area contributed by atoms with E-state index in [4.69, 9.17) is 10.2 Å². The number of rotatable bonds is 8. The minimum absolute atomic E-state index is 0.142. The Balaban J connectivity index is 2.16. The average molecular weight is 295 g/mol. The molecule has 118 valence electrons. The second-order valence-corrected chi connectivity index (χ2v) is 5.57. The molecule has 0 fully saturated rings. The van der Waals surface area contributed by atoms with Gasteiger partial charge < -0.3 is 20.8 Å². The topological polar surface area (TPSA) is 97.4 Å². The van der Waals surface area contributed by atoms with E-state index in [2.05, 4.69) is 10.6 Å². The molecular formula is C15H25N3O3. The first kappa shape index (κ1) is 17.2. The minimum Gasteiger partial charge on any atom is -0.459 e. The zero-order chi connectivity index (χ0) is 15.8. The molecule has 0 radical (unpaired) electrons. The highest BCUT2D eigenvalue weighted by molar-refractivity contribution is 5.92. The summed E-state index contributed by atoms with van der Waals surface area (Å²) in [5.74, 6) is 0.344. The van der Waals surface area contributed by atoms with E-state index in [9.17, 15) is 9.59 Å². The van der Waals surface area contributed by atoms with Crippen molar-refractivity contribution < 1.29 is 14.0 Å². The minimum atomic E-state index is -0.467. The number of aryl methyl sites for hydroxylation is 1. The molecule has 0 spiro atoms. The van der Waals surface area contributed by atoms with Gasteiger partial charge >= 0.3 is 0 Å². The summed E-state index contributed by atoms with van der Waals surface area (Å²) in [6, 6.07) is 1.27. The maximum atomic E-state index is 11.7. The van der Waals surface area contributed by atoms with Gasteiger partial charge in [0.25, 0.3) is 5.91 Å². The molecular weight excluding hydrogens is 270 g/mol. The fourth-order valence-corrected chi connectivity index (χ4v) is 1.93. The number of carbonyl (C=O) groups is 2. The van der Waals surface area contributed by atoms with Crippen LogP contribution in [0.25, 0.3) is 0 Å². The zero-order valence-corrected chi connectivity index (χ0v) is 12.9. The van der Waals surface area contributed by atoms with Crippen LogP contribution in [0.5, 0.6) is 0 Å². The van der Waals surface area contributed by atoms with Gasteiger partial charge in [-0.1, -0.05) is 13.8 Å². The van der Waals surface area contributed by atoms with Crippen LogP contribution in [0.1, 0.15) is 42.8 Å². The van der Waals surface area contributed by atoms with E-state index in [1.54, 1.807) is 6.07 Å². The van der Waals surface area contributed by atoms with Crippen molar-refractivity contribution in [1.82, 2.24) is 10.6 Å². The standard InChI is InChI=1S/C15H25N3O3/c1-10(2)9-12(16)14(19)17-6-4-7-18-15(20)13-11(3)5-8-21-13/h5,8,10,12H,4,6-7,9,16H2,1-3H3,(H,17,19)(H,18,20)/t12-/m0/s1. The van der Waals surface area contributed by atoms with Gasteiger partial charge in [-0.2, -0.15) is 0 Å². The number of amides is 2. The van der Waals surface area contributed by atoms with E-state index in [1.165, 1.54) is 6.26 Å². The van der Waals surface area contributed by atoms with Crippen molar-refractivity contribution in [2.24, 2.45) is 11.7 Å². The number of nitrogens with one attached hydrogen (secondary N) is 2. The van der Waals surface area contributed by atoms with Gasteiger partial charge in [0, 0.05) is 18.7 Å². The van der Waals surface area contributed by atoms with E-state index >= 15 is 0 Å². The molecule has 1 aromatic heterocycles. The lowest BCUT2D eigenvalue weighted by atomic mass is 10.0. The largest absolute Gasteiger partial charge is 0.459 e. The number of furan rings is 1. The molecule has 1 aromatic rings. The number of nitrogens with two attached hydrogens (primary N) is 1. The van der Waals surface area contributed by atoms with Gasteiger partial charge in [-0.15, -0.1) is 0 Å². The van der Waals surface area contributed by atoms with Crippen LogP contribution in [0.2, 0.25) is 0 Å². The molecule has 21 heavy (non-hydrogen) atoms. The quantitative estimate of drug-likeness (QED) is 0.628. The van der Waals surface area contributed by atoms with E-state index in [-0.39, 0.29) is 11.8 Å². The summed E-state index contributed by atoms with van der Waals surface area (Å²) in [5.41, 5.74) is 6.57. The Morgan fingerprint density at radius 1 is 1.29 bits per heavy atom. The predicted molar refractivity (Wildman–Crippen MR) is 80.8 cm³/mol. The molecule has 1 heterocycles. The average Bonchev–Trinajstić information content (AvgIpc) is 2.83. The first-order valence-corrected chi connectivity index (χ1v) is 7.27.